The first-order valence-corrected chi connectivity index (χ1v) is 9.92. The molecule has 0 aromatic carbocycles. The van der Waals surface area contributed by atoms with E-state index in [2.05, 4.69) is 41.6 Å². The van der Waals surface area contributed by atoms with Crippen LogP contribution in [0.5, 0.6) is 0 Å². The third kappa shape index (κ3) is 5.18. The van der Waals surface area contributed by atoms with Crippen molar-refractivity contribution in [1.29, 1.82) is 0 Å². The Kier molecular flexibility index (Phi) is 7.19. The fourth-order valence-electron chi connectivity index (χ4n) is 2.92. The van der Waals surface area contributed by atoms with Crippen LogP contribution in [0.2, 0.25) is 5.02 Å². The van der Waals surface area contributed by atoms with Crippen molar-refractivity contribution in [1.82, 2.24) is 30.2 Å². The topological polar surface area (TPSA) is 109 Å². The van der Waals surface area contributed by atoms with Crippen molar-refractivity contribution in [3.05, 3.63) is 54.3 Å². The van der Waals surface area contributed by atoms with Gasteiger partial charge >= 0.3 is 6.09 Å². The van der Waals surface area contributed by atoms with Gasteiger partial charge in [0.1, 0.15) is 17.1 Å². The van der Waals surface area contributed by atoms with Crippen molar-refractivity contribution in [2.24, 2.45) is 0 Å². The van der Waals surface area contributed by atoms with Crippen molar-refractivity contribution in [2.45, 2.75) is 25.8 Å². The number of carbonyl (C=O) groups excluding carboxylic acids is 1. The summed E-state index contributed by atoms with van der Waals surface area (Å²) < 4.78 is 17.8. The van der Waals surface area contributed by atoms with Gasteiger partial charge in [0.2, 0.25) is 0 Å². The predicted octanol–water partition coefficient (Wildman–Crippen LogP) is 4.99. The van der Waals surface area contributed by atoms with Crippen molar-refractivity contribution in [3.63, 3.8) is 0 Å². The molecule has 4 heterocycles. The molecule has 4 aromatic rings. The summed E-state index contributed by atoms with van der Waals surface area (Å²) in [6.45, 7) is 5.59. The SMILES string of the molecule is C=CCC(CC)NC(=O)OC.Fc1cnc2[nH]cc(-c3ncc4c(Cl)c[nH]c4n3)c2c1. The highest BCUT2D eigenvalue weighted by atomic mass is 35.5. The Bertz CT molecular complexity index is 1210. The summed E-state index contributed by atoms with van der Waals surface area (Å²) >= 11 is 5.99. The van der Waals surface area contributed by atoms with E-state index >= 15 is 0 Å². The number of H-pyrrole nitrogens is 2. The molecule has 1 atom stereocenters. The van der Waals surface area contributed by atoms with Crippen LogP contribution in [0.1, 0.15) is 19.8 Å². The fourth-order valence-corrected chi connectivity index (χ4v) is 3.12. The zero-order chi connectivity index (χ0) is 22.4. The number of hydrogen-bond donors (Lipinski definition) is 3. The first kappa shape index (κ1) is 22.2. The van der Waals surface area contributed by atoms with Gasteiger partial charge in [-0.25, -0.2) is 24.1 Å². The van der Waals surface area contributed by atoms with E-state index in [1.54, 1.807) is 24.7 Å². The molecule has 0 bridgehead atoms. The molecule has 3 N–H and O–H groups in total. The number of hydrogen-bond acceptors (Lipinski definition) is 5. The molecule has 0 saturated heterocycles. The Morgan fingerprint density at radius 2 is 2.06 bits per heavy atom. The minimum Gasteiger partial charge on any atom is -0.453 e. The summed E-state index contributed by atoms with van der Waals surface area (Å²) in [7, 11) is 1.36. The van der Waals surface area contributed by atoms with Gasteiger partial charge in [-0.3, -0.25) is 0 Å². The molecule has 1 amide bonds. The van der Waals surface area contributed by atoms with E-state index in [1.165, 1.54) is 13.2 Å². The second-order valence-electron chi connectivity index (χ2n) is 6.61. The highest BCUT2D eigenvalue weighted by Crippen LogP contribution is 2.28. The van der Waals surface area contributed by atoms with Crippen LogP contribution in [0.15, 0.2) is 43.5 Å². The molecule has 162 valence electrons. The second-order valence-corrected chi connectivity index (χ2v) is 7.02. The maximum absolute atomic E-state index is 13.3. The zero-order valence-electron chi connectivity index (χ0n) is 17.1. The first-order chi connectivity index (χ1) is 15.0. The Labute approximate surface area is 182 Å². The number of methoxy groups -OCH3 is 1. The van der Waals surface area contributed by atoms with Crippen LogP contribution in [0, 0.1) is 5.82 Å². The van der Waals surface area contributed by atoms with Crippen LogP contribution in [-0.4, -0.2) is 44.2 Å². The minimum atomic E-state index is -0.401. The molecule has 0 aliphatic rings. The van der Waals surface area contributed by atoms with Gasteiger partial charge in [0.05, 0.1) is 23.7 Å². The van der Waals surface area contributed by atoms with E-state index in [-0.39, 0.29) is 12.1 Å². The normalized spacial score (nSPS) is 11.6. The molecule has 31 heavy (non-hydrogen) atoms. The van der Waals surface area contributed by atoms with E-state index < -0.39 is 5.82 Å². The number of pyridine rings is 1. The average molecular weight is 445 g/mol. The monoisotopic (exact) mass is 444 g/mol. The molecular weight excluding hydrogens is 423 g/mol. The quantitative estimate of drug-likeness (QED) is 0.376. The number of nitrogens with zero attached hydrogens (tertiary/aromatic N) is 3. The number of nitrogens with one attached hydrogen (secondary N) is 3. The molecule has 0 fully saturated rings. The summed E-state index contributed by atoms with van der Waals surface area (Å²) in [5, 5.41) is 4.64. The second kappa shape index (κ2) is 10.0. The van der Waals surface area contributed by atoms with E-state index in [0.717, 1.165) is 24.4 Å². The van der Waals surface area contributed by atoms with Crippen LogP contribution >= 0.6 is 11.6 Å². The Hall–Kier alpha value is -3.46. The lowest BCUT2D eigenvalue weighted by Crippen LogP contribution is -2.33. The molecular formula is C21H22ClFN6O2. The highest BCUT2D eigenvalue weighted by Gasteiger charge is 2.12. The molecule has 4 rings (SSSR count). The highest BCUT2D eigenvalue weighted by molar-refractivity contribution is 6.35. The minimum absolute atomic E-state index is 0.153. The van der Waals surface area contributed by atoms with Crippen molar-refractivity contribution in [3.8, 4) is 11.4 Å². The maximum atomic E-state index is 13.3. The van der Waals surface area contributed by atoms with Gasteiger partial charge in [-0.2, -0.15) is 0 Å². The van der Waals surface area contributed by atoms with E-state index in [1.807, 2.05) is 6.92 Å². The van der Waals surface area contributed by atoms with Gasteiger partial charge in [-0.15, -0.1) is 6.58 Å². The molecule has 0 saturated carbocycles. The van der Waals surface area contributed by atoms with Gasteiger partial charge in [-0.1, -0.05) is 24.6 Å². The number of carbonyl (C=O) groups is 1. The number of rotatable bonds is 5. The molecule has 8 nitrogen and oxygen atoms in total. The molecule has 0 aliphatic carbocycles. The number of halogens is 2. The fraction of sp³-hybridized carbons (Fsp3) is 0.238. The largest absolute Gasteiger partial charge is 0.453 e. The summed E-state index contributed by atoms with van der Waals surface area (Å²) in [5.41, 5.74) is 1.92. The molecule has 0 aliphatic heterocycles. The molecule has 0 radical (unpaired) electrons. The van der Waals surface area contributed by atoms with Crippen LogP contribution in [-0.2, 0) is 4.74 Å². The van der Waals surface area contributed by atoms with Gasteiger partial charge in [0.25, 0.3) is 0 Å². The number of ether oxygens (including phenoxy) is 1. The number of aromatic nitrogens is 5. The molecule has 0 spiro atoms. The summed E-state index contributed by atoms with van der Waals surface area (Å²) in [5.74, 6) is 0.0806. The van der Waals surface area contributed by atoms with Crippen molar-refractivity contribution >= 4 is 39.8 Å². The first-order valence-electron chi connectivity index (χ1n) is 9.54. The van der Waals surface area contributed by atoms with Gasteiger partial charge < -0.3 is 20.0 Å². The molecule has 1 unspecified atom stereocenters. The van der Waals surface area contributed by atoms with E-state index in [4.69, 9.17) is 11.6 Å². The Balaban J connectivity index is 0.000000214. The summed E-state index contributed by atoms with van der Waals surface area (Å²) in [4.78, 5) is 29.3. The number of aromatic amines is 2. The zero-order valence-corrected chi connectivity index (χ0v) is 17.8. The third-order valence-electron chi connectivity index (χ3n) is 4.57. The lowest BCUT2D eigenvalue weighted by Gasteiger charge is -2.12. The summed E-state index contributed by atoms with van der Waals surface area (Å²) in [6, 6.07) is 1.56. The smallest absolute Gasteiger partial charge is 0.407 e. The third-order valence-corrected chi connectivity index (χ3v) is 4.88. The van der Waals surface area contributed by atoms with E-state index in [0.29, 0.717) is 33.1 Å². The number of amides is 1. The van der Waals surface area contributed by atoms with Gasteiger partial charge in [0, 0.05) is 35.6 Å². The van der Waals surface area contributed by atoms with Crippen molar-refractivity contribution < 1.29 is 13.9 Å². The van der Waals surface area contributed by atoms with Crippen LogP contribution < -0.4 is 5.32 Å². The lowest BCUT2D eigenvalue weighted by atomic mass is 10.1. The average Bonchev–Trinajstić information content (AvgIpc) is 3.36. The van der Waals surface area contributed by atoms with Gasteiger partial charge in [0.15, 0.2) is 5.82 Å². The van der Waals surface area contributed by atoms with Gasteiger partial charge in [-0.05, 0) is 18.9 Å². The number of fused-ring (bicyclic) bond motifs is 2. The molecule has 10 heteroatoms. The maximum Gasteiger partial charge on any atom is 0.407 e. The lowest BCUT2D eigenvalue weighted by molar-refractivity contribution is 0.166. The van der Waals surface area contributed by atoms with Crippen LogP contribution in [0.4, 0.5) is 9.18 Å². The van der Waals surface area contributed by atoms with Crippen LogP contribution in [0.25, 0.3) is 33.5 Å². The predicted molar refractivity (Wildman–Crippen MR) is 118 cm³/mol. The standard InChI is InChI=1S/C13H7ClFN5.C8H15NO2/c14-10-5-19-13-9(10)4-18-12(20-13)8-3-17-11-7(8)1-6(15)2-16-11;1-4-6-7(5-2)9-8(10)11-3/h1-5H,(H,16,17)(H,18,19,20);4,7H,1,5-6H2,2-3H3,(H,9,10). The van der Waals surface area contributed by atoms with Crippen LogP contribution in [0.3, 0.4) is 0 Å². The van der Waals surface area contributed by atoms with E-state index in [9.17, 15) is 9.18 Å². The Morgan fingerprint density at radius 3 is 2.77 bits per heavy atom. The number of alkyl carbamates (subject to hydrolysis) is 1. The Morgan fingerprint density at radius 1 is 1.29 bits per heavy atom. The van der Waals surface area contributed by atoms with Crippen molar-refractivity contribution in [2.75, 3.05) is 7.11 Å². The molecule has 4 aromatic heterocycles. The summed E-state index contributed by atoms with van der Waals surface area (Å²) in [6.07, 6.45) is 9.25.